The van der Waals surface area contributed by atoms with Gasteiger partial charge in [0.25, 0.3) is 0 Å². The maximum atomic E-state index is 12.4. The van der Waals surface area contributed by atoms with Gasteiger partial charge in [0, 0.05) is 10.0 Å². The normalized spacial score (nSPS) is 12.3. The van der Waals surface area contributed by atoms with E-state index in [4.69, 9.17) is 34.8 Å². The van der Waals surface area contributed by atoms with Crippen LogP contribution in [0.3, 0.4) is 0 Å². The Morgan fingerprint density at radius 3 is 2.62 bits per heavy atom. The van der Waals surface area contributed by atoms with E-state index in [0.717, 1.165) is 14.6 Å². The number of benzene rings is 2. The van der Waals surface area contributed by atoms with Gasteiger partial charge >= 0.3 is 0 Å². The maximum absolute atomic E-state index is 12.4. The van der Waals surface area contributed by atoms with Crippen LogP contribution in [-0.4, -0.2) is 16.1 Å². The van der Waals surface area contributed by atoms with Crippen molar-refractivity contribution >= 4 is 79.7 Å². The van der Waals surface area contributed by atoms with Crippen LogP contribution in [0.5, 0.6) is 0 Å². The molecule has 8 heteroatoms. The number of anilines is 1. The zero-order valence-electron chi connectivity index (χ0n) is 12.3. The van der Waals surface area contributed by atoms with Crippen LogP contribution in [0.2, 0.25) is 15.1 Å². The van der Waals surface area contributed by atoms with Gasteiger partial charge in [0.2, 0.25) is 5.91 Å². The number of hydrogen-bond donors (Lipinski definition) is 1. The first-order valence-electron chi connectivity index (χ1n) is 6.91. The molecular weight excluding hydrogens is 407 g/mol. The molecule has 0 spiro atoms. The van der Waals surface area contributed by atoms with Crippen molar-refractivity contribution in [2.45, 2.75) is 16.5 Å². The second-order valence-corrected chi connectivity index (χ2v) is 8.86. The third-order valence-electron chi connectivity index (χ3n) is 3.17. The molecule has 0 bridgehead atoms. The van der Waals surface area contributed by atoms with Crippen molar-refractivity contribution in [1.29, 1.82) is 0 Å². The van der Waals surface area contributed by atoms with Crippen LogP contribution in [0.4, 0.5) is 5.69 Å². The number of nitrogens with one attached hydrogen (secondary N) is 1. The number of thioether (sulfide) groups is 1. The highest BCUT2D eigenvalue weighted by atomic mass is 35.5. The summed E-state index contributed by atoms with van der Waals surface area (Å²) in [6, 6.07) is 10.5. The van der Waals surface area contributed by atoms with Gasteiger partial charge in [-0.15, -0.1) is 11.3 Å². The lowest BCUT2D eigenvalue weighted by Crippen LogP contribution is -2.22. The zero-order valence-corrected chi connectivity index (χ0v) is 16.2. The van der Waals surface area contributed by atoms with Crippen molar-refractivity contribution in [3.05, 3.63) is 51.5 Å². The largest absolute Gasteiger partial charge is 0.324 e. The standard InChI is InChI=1S/C16H11Cl3N2OS2/c1-8(15(22)20-12-4-2-9(17)6-11(12)19)23-16-21-13-7-10(18)3-5-14(13)24-16/h2-8H,1H3,(H,20,22). The number of carbonyl (C=O) groups excluding carboxylic acids is 1. The van der Waals surface area contributed by atoms with E-state index in [2.05, 4.69) is 10.3 Å². The van der Waals surface area contributed by atoms with E-state index in [1.54, 1.807) is 18.2 Å². The number of thiazole rings is 1. The Bertz CT molecular complexity index is 913. The van der Waals surface area contributed by atoms with Gasteiger partial charge in [-0.1, -0.05) is 46.6 Å². The molecule has 24 heavy (non-hydrogen) atoms. The summed E-state index contributed by atoms with van der Waals surface area (Å²) in [5, 5.41) is 4.05. The minimum Gasteiger partial charge on any atom is -0.324 e. The van der Waals surface area contributed by atoms with Crippen molar-refractivity contribution in [3.8, 4) is 0 Å². The summed E-state index contributed by atoms with van der Waals surface area (Å²) in [5.74, 6) is -0.151. The minimum atomic E-state index is -0.326. The minimum absolute atomic E-state index is 0.151. The van der Waals surface area contributed by atoms with Gasteiger partial charge in [-0.2, -0.15) is 0 Å². The summed E-state index contributed by atoms with van der Waals surface area (Å²) in [6.07, 6.45) is 0. The van der Waals surface area contributed by atoms with E-state index in [1.165, 1.54) is 23.1 Å². The topological polar surface area (TPSA) is 42.0 Å². The van der Waals surface area contributed by atoms with E-state index in [1.807, 2.05) is 25.1 Å². The number of aromatic nitrogens is 1. The summed E-state index contributed by atoms with van der Waals surface area (Å²) < 4.78 is 1.85. The number of rotatable bonds is 4. The Morgan fingerprint density at radius 1 is 1.17 bits per heavy atom. The van der Waals surface area contributed by atoms with Crippen molar-refractivity contribution < 1.29 is 4.79 Å². The number of fused-ring (bicyclic) bond motifs is 1. The smallest absolute Gasteiger partial charge is 0.237 e. The molecule has 3 nitrogen and oxygen atoms in total. The molecule has 3 rings (SSSR count). The van der Waals surface area contributed by atoms with Crippen LogP contribution in [0.25, 0.3) is 10.2 Å². The van der Waals surface area contributed by atoms with Crippen LogP contribution < -0.4 is 5.32 Å². The second-order valence-electron chi connectivity index (χ2n) is 4.97. The molecule has 0 aliphatic rings. The van der Waals surface area contributed by atoms with Crippen LogP contribution in [-0.2, 0) is 4.79 Å². The lowest BCUT2D eigenvalue weighted by Gasteiger charge is -2.11. The molecule has 0 fully saturated rings. The fourth-order valence-corrected chi connectivity index (χ4v) is 4.77. The zero-order chi connectivity index (χ0) is 17.3. The molecule has 1 N–H and O–H groups in total. The van der Waals surface area contributed by atoms with Crippen LogP contribution >= 0.6 is 57.9 Å². The fraction of sp³-hybridized carbons (Fsp3) is 0.125. The van der Waals surface area contributed by atoms with Crippen LogP contribution in [0.15, 0.2) is 40.7 Å². The number of halogens is 3. The highest BCUT2D eigenvalue weighted by molar-refractivity contribution is 8.02. The molecule has 1 heterocycles. The lowest BCUT2D eigenvalue weighted by atomic mass is 10.3. The van der Waals surface area contributed by atoms with Crippen LogP contribution in [0, 0.1) is 0 Å². The van der Waals surface area contributed by atoms with Crippen molar-refractivity contribution in [2.24, 2.45) is 0 Å². The van der Waals surface area contributed by atoms with E-state index in [-0.39, 0.29) is 11.2 Å². The number of hydrogen-bond acceptors (Lipinski definition) is 4. The third kappa shape index (κ3) is 4.16. The van der Waals surface area contributed by atoms with Gasteiger partial charge in [0.1, 0.15) is 0 Å². The molecule has 1 aromatic heterocycles. The predicted octanol–water partition coefficient (Wildman–Crippen LogP) is 6.38. The number of nitrogens with zero attached hydrogens (tertiary/aromatic N) is 1. The average Bonchev–Trinajstić information content (AvgIpc) is 2.91. The van der Waals surface area contributed by atoms with Crippen molar-refractivity contribution in [3.63, 3.8) is 0 Å². The second kappa shape index (κ2) is 7.50. The Kier molecular flexibility index (Phi) is 5.57. The molecule has 0 saturated carbocycles. The average molecular weight is 418 g/mol. The van der Waals surface area contributed by atoms with Gasteiger partial charge in [-0.05, 0) is 43.3 Å². The first-order valence-corrected chi connectivity index (χ1v) is 9.74. The lowest BCUT2D eigenvalue weighted by molar-refractivity contribution is -0.115. The number of amides is 1. The Labute approximate surface area is 162 Å². The van der Waals surface area contributed by atoms with E-state index in [9.17, 15) is 4.79 Å². The maximum Gasteiger partial charge on any atom is 0.237 e. The van der Waals surface area contributed by atoms with Gasteiger partial charge in [-0.3, -0.25) is 4.79 Å². The van der Waals surface area contributed by atoms with E-state index in [0.29, 0.717) is 20.8 Å². The van der Waals surface area contributed by atoms with Gasteiger partial charge in [0.05, 0.1) is 26.2 Å². The predicted molar refractivity (Wildman–Crippen MR) is 105 cm³/mol. The summed E-state index contributed by atoms with van der Waals surface area (Å²) in [5.41, 5.74) is 1.37. The van der Waals surface area contributed by atoms with Gasteiger partial charge in [-0.25, -0.2) is 4.98 Å². The van der Waals surface area contributed by atoms with Gasteiger partial charge < -0.3 is 5.32 Å². The first kappa shape index (κ1) is 17.8. The van der Waals surface area contributed by atoms with E-state index < -0.39 is 0 Å². The Hall–Kier alpha value is -0.980. The molecule has 0 saturated heterocycles. The third-order valence-corrected chi connectivity index (χ3v) is 6.18. The molecule has 1 atom stereocenters. The molecule has 124 valence electrons. The van der Waals surface area contributed by atoms with Gasteiger partial charge in [0.15, 0.2) is 4.34 Å². The quantitative estimate of drug-likeness (QED) is 0.501. The Balaban J connectivity index is 1.70. The molecule has 2 aromatic carbocycles. The molecule has 0 radical (unpaired) electrons. The highest BCUT2D eigenvalue weighted by Gasteiger charge is 2.18. The summed E-state index contributed by atoms with van der Waals surface area (Å²) in [6.45, 7) is 1.82. The summed E-state index contributed by atoms with van der Waals surface area (Å²) >= 11 is 20.8. The summed E-state index contributed by atoms with van der Waals surface area (Å²) in [4.78, 5) is 16.9. The highest BCUT2D eigenvalue weighted by Crippen LogP contribution is 2.34. The van der Waals surface area contributed by atoms with Crippen LogP contribution in [0.1, 0.15) is 6.92 Å². The van der Waals surface area contributed by atoms with Crippen molar-refractivity contribution in [2.75, 3.05) is 5.32 Å². The molecule has 1 amide bonds. The summed E-state index contributed by atoms with van der Waals surface area (Å²) in [7, 11) is 0. The SMILES string of the molecule is CC(Sc1nc2cc(Cl)ccc2s1)C(=O)Nc1ccc(Cl)cc1Cl. The van der Waals surface area contributed by atoms with Crippen molar-refractivity contribution in [1.82, 2.24) is 4.98 Å². The molecule has 0 aliphatic carbocycles. The monoisotopic (exact) mass is 416 g/mol. The molecule has 1 unspecified atom stereocenters. The molecule has 0 aliphatic heterocycles. The molecule has 3 aromatic rings. The van der Waals surface area contributed by atoms with E-state index >= 15 is 0 Å². The first-order chi connectivity index (χ1) is 11.4. The number of carbonyl (C=O) groups is 1. The fourth-order valence-electron chi connectivity index (χ4n) is 1.96. The Morgan fingerprint density at radius 2 is 1.88 bits per heavy atom. The molecular formula is C16H11Cl3N2OS2.